The molecule has 2 unspecified atom stereocenters. The highest BCUT2D eigenvalue weighted by Gasteiger charge is 2.43. The predicted octanol–water partition coefficient (Wildman–Crippen LogP) is 1.88. The summed E-state index contributed by atoms with van der Waals surface area (Å²) in [5.41, 5.74) is -0.535. The van der Waals surface area contributed by atoms with Crippen LogP contribution in [0.1, 0.15) is 46.0 Å². The van der Waals surface area contributed by atoms with Gasteiger partial charge in [0.15, 0.2) is 0 Å². The van der Waals surface area contributed by atoms with Crippen LogP contribution in [0.5, 0.6) is 0 Å². The zero-order valence-corrected chi connectivity index (χ0v) is 11.3. The van der Waals surface area contributed by atoms with Gasteiger partial charge < -0.3 is 14.8 Å². The monoisotopic (exact) mass is 243 g/mol. The number of likely N-dealkylation sites (N-methyl/N-ethyl adjacent to an activating group) is 1. The van der Waals surface area contributed by atoms with Crippen molar-refractivity contribution in [3.63, 3.8) is 0 Å². The molecule has 0 aliphatic heterocycles. The summed E-state index contributed by atoms with van der Waals surface area (Å²) in [5.74, 6) is -0.132. The maximum atomic E-state index is 12.0. The van der Waals surface area contributed by atoms with E-state index in [4.69, 9.17) is 9.47 Å². The fourth-order valence-corrected chi connectivity index (χ4v) is 2.43. The molecule has 4 heteroatoms. The van der Waals surface area contributed by atoms with E-state index in [0.29, 0.717) is 6.61 Å². The zero-order valence-electron chi connectivity index (χ0n) is 11.3. The standard InChI is InChI=1S/C13H25NO3/c1-4-9-17-11-7-6-8-13(10-11,14-3)12(15)16-5-2/h11,14H,4-10H2,1-3H3. The maximum absolute atomic E-state index is 12.0. The van der Waals surface area contributed by atoms with Crippen molar-refractivity contribution in [2.45, 2.75) is 57.6 Å². The summed E-state index contributed by atoms with van der Waals surface area (Å²) < 4.78 is 10.9. The lowest BCUT2D eigenvalue weighted by atomic mass is 9.80. The molecule has 0 saturated heterocycles. The summed E-state index contributed by atoms with van der Waals surface area (Å²) in [6.07, 6.45) is 4.82. The second-order valence-electron chi connectivity index (χ2n) is 4.64. The van der Waals surface area contributed by atoms with Gasteiger partial charge in [0.05, 0.1) is 12.7 Å². The first-order valence-electron chi connectivity index (χ1n) is 6.66. The zero-order chi connectivity index (χ0) is 12.7. The Morgan fingerprint density at radius 1 is 1.47 bits per heavy atom. The van der Waals surface area contributed by atoms with E-state index < -0.39 is 5.54 Å². The van der Waals surface area contributed by atoms with Crippen LogP contribution in [0.2, 0.25) is 0 Å². The van der Waals surface area contributed by atoms with Crippen LogP contribution < -0.4 is 5.32 Å². The molecule has 0 aromatic carbocycles. The SMILES string of the molecule is CCCOC1CCCC(NC)(C(=O)OCC)C1. The Balaban J connectivity index is 2.61. The highest BCUT2D eigenvalue weighted by molar-refractivity contribution is 5.81. The Labute approximate surface area is 104 Å². The van der Waals surface area contributed by atoms with Crippen LogP contribution in [0.4, 0.5) is 0 Å². The van der Waals surface area contributed by atoms with Crippen LogP contribution in [0, 0.1) is 0 Å². The van der Waals surface area contributed by atoms with E-state index in [9.17, 15) is 4.79 Å². The fourth-order valence-electron chi connectivity index (χ4n) is 2.43. The lowest BCUT2D eigenvalue weighted by Crippen LogP contribution is -2.55. The largest absolute Gasteiger partial charge is 0.465 e. The third kappa shape index (κ3) is 3.68. The fraction of sp³-hybridized carbons (Fsp3) is 0.923. The number of nitrogens with one attached hydrogen (secondary N) is 1. The predicted molar refractivity (Wildman–Crippen MR) is 66.9 cm³/mol. The highest BCUT2D eigenvalue weighted by atomic mass is 16.5. The number of esters is 1. The van der Waals surface area contributed by atoms with Crippen molar-refractivity contribution in [3.8, 4) is 0 Å². The highest BCUT2D eigenvalue weighted by Crippen LogP contribution is 2.31. The van der Waals surface area contributed by atoms with Gasteiger partial charge in [-0.05, 0) is 39.7 Å². The number of rotatable bonds is 6. The number of carbonyl (C=O) groups excluding carboxylic acids is 1. The molecule has 1 aliphatic carbocycles. The summed E-state index contributed by atoms with van der Waals surface area (Å²) in [6, 6.07) is 0. The molecule has 1 fully saturated rings. The lowest BCUT2D eigenvalue weighted by Gasteiger charge is -2.38. The van der Waals surface area contributed by atoms with Crippen molar-refractivity contribution < 1.29 is 14.3 Å². The average molecular weight is 243 g/mol. The smallest absolute Gasteiger partial charge is 0.326 e. The van der Waals surface area contributed by atoms with Crippen LogP contribution in [0.3, 0.4) is 0 Å². The summed E-state index contributed by atoms with van der Waals surface area (Å²) in [4.78, 5) is 12.0. The Kier molecular flexibility index (Phi) is 5.92. The van der Waals surface area contributed by atoms with Crippen molar-refractivity contribution >= 4 is 5.97 Å². The molecule has 17 heavy (non-hydrogen) atoms. The third-order valence-corrected chi connectivity index (χ3v) is 3.41. The molecule has 0 bridgehead atoms. The molecule has 0 aromatic rings. The van der Waals surface area contributed by atoms with Gasteiger partial charge in [-0.3, -0.25) is 4.79 Å². The Morgan fingerprint density at radius 3 is 2.82 bits per heavy atom. The minimum atomic E-state index is -0.535. The number of carbonyl (C=O) groups is 1. The topological polar surface area (TPSA) is 47.6 Å². The van der Waals surface area contributed by atoms with Gasteiger partial charge in [0.1, 0.15) is 5.54 Å². The summed E-state index contributed by atoms with van der Waals surface area (Å²) in [7, 11) is 1.83. The molecule has 1 saturated carbocycles. The minimum Gasteiger partial charge on any atom is -0.465 e. The number of hydrogen-bond donors (Lipinski definition) is 1. The van der Waals surface area contributed by atoms with Gasteiger partial charge in [-0.1, -0.05) is 6.92 Å². The molecule has 0 radical (unpaired) electrons. The number of ether oxygens (including phenoxy) is 2. The molecule has 2 atom stereocenters. The van der Waals surface area contributed by atoms with Crippen molar-refractivity contribution in [2.75, 3.05) is 20.3 Å². The van der Waals surface area contributed by atoms with E-state index in [-0.39, 0.29) is 12.1 Å². The summed E-state index contributed by atoms with van der Waals surface area (Å²) >= 11 is 0. The van der Waals surface area contributed by atoms with E-state index in [0.717, 1.165) is 38.7 Å². The summed E-state index contributed by atoms with van der Waals surface area (Å²) in [5, 5.41) is 3.15. The first-order chi connectivity index (χ1) is 8.18. The van der Waals surface area contributed by atoms with Crippen LogP contribution in [-0.2, 0) is 14.3 Å². The van der Waals surface area contributed by atoms with E-state index in [1.807, 2.05) is 14.0 Å². The molecule has 100 valence electrons. The second-order valence-corrected chi connectivity index (χ2v) is 4.64. The molecular formula is C13H25NO3. The van der Waals surface area contributed by atoms with E-state index >= 15 is 0 Å². The number of hydrogen-bond acceptors (Lipinski definition) is 4. The Morgan fingerprint density at radius 2 is 2.24 bits per heavy atom. The van der Waals surface area contributed by atoms with Gasteiger partial charge in [0, 0.05) is 13.0 Å². The molecule has 1 aliphatic rings. The van der Waals surface area contributed by atoms with Crippen molar-refractivity contribution in [1.82, 2.24) is 5.32 Å². The van der Waals surface area contributed by atoms with Crippen LogP contribution in [0.25, 0.3) is 0 Å². The Bertz CT molecular complexity index is 245. The summed E-state index contributed by atoms with van der Waals surface area (Å²) in [6.45, 7) is 5.14. The van der Waals surface area contributed by atoms with Gasteiger partial charge in [0.25, 0.3) is 0 Å². The van der Waals surface area contributed by atoms with Gasteiger partial charge >= 0.3 is 5.97 Å². The van der Waals surface area contributed by atoms with Crippen LogP contribution in [0.15, 0.2) is 0 Å². The van der Waals surface area contributed by atoms with Gasteiger partial charge in [0.2, 0.25) is 0 Å². The molecule has 4 nitrogen and oxygen atoms in total. The van der Waals surface area contributed by atoms with Crippen molar-refractivity contribution in [3.05, 3.63) is 0 Å². The maximum Gasteiger partial charge on any atom is 0.326 e. The first kappa shape index (κ1) is 14.5. The molecule has 1 N–H and O–H groups in total. The van der Waals surface area contributed by atoms with Crippen molar-refractivity contribution in [2.24, 2.45) is 0 Å². The van der Waals surface area contributed by atoms with Gasteiger partial charge in [-0.2, -0.15) is 0 Å². The van der Waals surface area contributed by atoms with Crippen LogP contribution in [-0.4, -0.2) is 37.9 Å². The van der Waals surface area contributed by atoms with E-state index in [1.165, 1.54) is 0 Å². The quantitative estimate of drug-likeness (QED) is 0.724. The molecule has 0 heterocycles. The molecule has 1 rings (SSSR count). The van der Waals surface area contributed by atoms with Gasteiger partial charge in [-0.15, -0.1) is 0 Å². The van der Waals surface area contributed by atoms with E-state index in [1.54, 1.807) is 0 Å². The average Bonchev–Trinajstić information content (AvgIpc) is 2.36. The van der Waals surface area contributed by atoms with Gasteiger partial charge in [-0.25, -0.2) is 0 Å². The van der Waals surface area contributed by atoms with E-state index in [2.05, 4.69) is 12.2 Å². The minimum absolute atomic E-state index is 0.132. The third-order valence-electron chi connectivity index (χ3n) is 3.41. The molecule has 0 aromatic heterocycles. The lowest BCUT2D eigenvalue weighted by molar-refractivity contribution is -0.155. The van der Waals surface area contributed by atoms with Crippen molar-refractivity contribution in [1.29, 1.82) is 0 Å². The molecule has 0 amide bonds. The Hall–Kier alpha value is -0.610. The first-order valence-corrected chi connectivity index (χ1v) is 6.66. The molecule has 0 spiro atoms. The van der Waals surface area contributed by atoms with Crippen LogP contribution >= 0.6 is 0 Å². The molecular weight excluding hydrogens is 218 g/mol. The normalized spacial score (nSPS) is 29.0. The second kappa shape index (κ2) is 6.97.